The molecule has 4 atom stereocenters. The summed E-state index contributed by atoms with van der Waals surface area (Å²) < 4.78 is 43.5. The number of methoxy groups -OCH3 is 2. The second-order valence-electron chi connectivity index (χ2n) is 20.3. The molecule has 3 heterocycles. The minimum atomic E-state index is -1.83. The first-order valence-electron chi connectivity index (χ1n) is 27.4. The van der Waals surface area contributed by atoms with Crippen LogP contribution in [0.5, 0.6) is 11.5 Å². The Morgan fingerprint density at radius 1 is 0.750 bits per heavy atom. The van der Waals surface area contributed by atoms with Crippen LogP contribution < -0.4 is 20.1 Å². The Morgan fingerprint density at radius 2 is 1.35 bits per heavy atom. The second-order valence-corrected chi connectivity index (χ2v) is 21.7. The Morgan fingerprint density at radius 3 is 1.96 bits per heavy atom. The molecule has 0 spiro atoms. The fourth-order valence-electron chi connectivity index (χ4n) is 10.5. The lowest BCUT2D eigenvalue weighted by Gasteiger charge is -2.39. The minimum Gasteiger partial charge on any atom is -0.497 e. The fourth-order valence-corrected chi connectivity index (χ4v) is 12.3. The van der Waals surface area contributed by atoms with Gasteiger partial charge < -0.3 is 38.6 Å². The third-order valence-electron chi connectivity index (χ3n) is 14.5. The number of benzene rings is 6. The van der Waals surface area contributed by atoms with E-state index >= 15 is 0 Å². The van der Waals surface area contributed by atoms with Crippen LogP contribution in [-0.2, 0) is 24.1 Å². The van der Waals surface area contributed by atoms with Gasteiger partial charge in [-0.1, -0.05) is 103 Å². The van der Waals surface area contributed by atoms with E-state index < -0.39 is 44.4 Å². The maximum absolute atomic E-state index is 13.8. The van der Waals surface area contributed by atoms with Gasteiger partial charge in [0.1, 0.15) is 35.8 Å². The van der Waals surface area contributed by atoms with Crippen LogP contribution in [0.1, 0.15) is 122 Å². The highest BCUT2D eigenvalue weighted by molar-refractivity contribution is 7.44. The van der Waals surface area contributed by atoms with E-state index in [1.165, 1.54) is 24.5 Å². The summed E-state index contributed by atoms with van der Waals surface area (Å²) in [5.41, 5.74) is 3.16. The number of ketones is 2. The number of nitrogens with one attached hydrogen (secondary N) is 2. The van der Waals surface area contributed by atoms with Crippen molar-refractivity contribution in [3.63, 3.8) is 0 Å². The molecule has 426 valence electrons. The van der Waals surface area contributed by atoms with E-state index in [9.17, 15) is 24.4 Å². The summed E-state index contributed by atoms with van der Waals surface area (Å²) >= 11 is 0. The molecule has 18 nitrogen and oxygen atoms in total. The molecule has 1 aliphatic heterocycles. The molecular formula is C65H61N8O10P. The van der Waals surface area contributed by atoms with Crippen LogP contribution in [-0.4, -0.2) is 106 Å². The molecule has 2 aliphatic rings. The molecule has 1 unspecified atom stereocenters. The molecule has 84 heavy (non-hydrogen) atoms. The summed E-state index contributed by atoms with van der Waals surface area (Å²) in [6.45, 7) is 8.15. The molecule has 19 heteroatoms. The normalized spacial score (nSPS) is 15.9. The molecule has 2 aromatic heterocycles. The topological polar surface area (TPSA) is 218 Å². The van der Waals surface area contributed by atoms with Crippen molar-refractivity contribution in [2.24, 2.45) is 0 Å². The highest BCUT2D eigenvalue weighted by atomic mass is 31.2. The zero-order valence-corrected chi connectivity index (χ0v) is 48.0. The van der Waals surface area contributed by atoms with Crippen LogP contribution in [0.15, 0.2) is 158 Å². The van der Waals surface area contributed by atoms with Crippen LogP contribution in [0, 0.1) is 23.2 Å². The standard InChI is InChI=1S/C65H61N8O10P/c1-41(2)73(42(3)4)84(81-36-16-34-66)83-54-38-57(82-55(54)39-80-65(45-19-11-8-12-20-45,46-25-29-48(78-5)30-26-46)47-27-31-49(79-6)32-28-47)72-56(70-58-61(68-40-69-62(58)72)71-64(77)43-17-9-7-10-18-43)23-15-35-67-63(76)44-24-33-52-53(37-44)60(75)51-22-14-13-21-50(51)59(52)74/h7-14,17-22,24-33,37,40-42,54-55,57H,16,35-36,38-39H2,1-6H3,(H,67,76)(H,68,69,71,77)/t54-,55+,57+,84?/m0/s1. The van der Waals surface area contributed by atoms with Gasteiger partial charge >= 0.3 is 0 Å². The van der Waals surface area contributed by atoms with Crippen LogP contribution in [0.4, 0.5) is 5.82 Å². The number of anilines is 1. The smallest absolute Gasteiger partial charge is 0.259 e. The Hall–Kier alpha value is -8.97. The van der Waals surface area contributed by atoms with Crippen LogP contribution >= 0.6 is 8.53 Å². The molecule has 1 fully saturated rings. The van der Waals surface area contributed by atoms with Gasteiger partial charge in [0, 0.05) is 51.9 Å². The summed E-state index contributed by atoms with van der Waals surface area (Å²) in [5, 5.41) is 15.4. The lowest BCUT2D eigenvalue weighted by molar-refractivity contribution is -0.0913. The van der Waals surface area contributed by atoms with Crippen molar-refractivity contribution in [3.05, 3.63) is 214 Å². The van der Waals surface area contributed by atoms with Crippen molar-refractivity contribution >= 4 is 48.9 Å². The largest absolute Gasteiger partial charge is 0.497 e. The van der Waals surface area contributed by atoms with Crippen LogP contribution in [0.2, 0.25) is 0 Å². The average Bonchev–Trinajstić information content (AvgIpc) is 2.27. The lowest BCUT2D eigenvalue weighted by atomic mass is 9.80. The fraction of sp³-hybridized carbons (Fsp3) is 0.262. The van der Waals surface area contributed by atoms with Gasteiger partial charge in [-0.3, -0.25) is 23.7 Å². The van der Waals surface area contributed by atoms with Gasteiger partial charge in [0.2, 0.25) is 0 Å². The second kappa shape index (κ2) is 26.1. The monoisotopic (exact) mass is 1140 g/mol. The Balaban J connectivity index is 1.04. The number of imidazole rings is 1. The van der Waals surface area contributed by atoms with Crippen LogP contribution in [0.25, 0.3) is 11.2 Å². The molecule has 0 bridgehead atoms. The van der Waals surface area contributed by atoms with E-state index in [4.69, 9.17) is 38.0 Å². The SMILES string of the molecule is COc1ccc(C(OC[C@H]2O[C@@H](n3c(C#CCNC(=O)c4ccc5c(c4)C(=O)c4ccccc4C5=O)nc4c(NC(=O)c5ccccc5)ncnc43)C[C@@H]2OP(OCCC#N)N(C(C)C)C(C)C)(c2ccccc2)c2ccc(OC)cc2)cc1. The first-order valence-corrected chi connectivity index (χ1v) is 28.5. The number of nitrogens with zero attached hydrogens (tertiary/aromatic N) is 6. The van der Waals surface area contributed by atoms with E-state index in [1.54, 1.807) is 67.3 Å². The van der Waals surface area contributed by atoms with Gasteiger partial charge in [-0.15, -0.1) is 0 Å². The molecule has 2 N–H and O–H groups in total. The minimum absolute atomic E-state index is 0.0282. The quantitative estimate of drug-likeness (QED) is 0.0296. The van der Waals surface area contributed by atoms with Gasteiger partial charge in [-0.2, -0.15) is 5.26 Å². The molecule has 8 aromatic rings. The van der Waals surface area contributed by atoms with Crippen molar-refractivity contribution in [3.8, 4) is 29.4 Å². The molecule has 10 rings (SSSR count). The van der Waals surface area contributed by atoms with E-state index in [-0.39, 0.29) is 101 Å². The number of fused-ring (bicyclic) bond motifs is 3. The van der Waals surface area contributed by atoms with Crippen LogP contribution in [0.3, 0.4) is 0 Å². The number of carbonyl (C=O) groups excluding carboxylic acids is 4. The van der Waals surface area contributed by atoms with Gasteiger partial charge in [0.15, 0.2) is 34.4 Å². The molecule has 1 saturated heterocycles. The summed E-state index contributed by atoms with van der Waals surface area (Å²) in [7, 11) is 1.40. The van der Waals surface area contributed by atoms with E-state index in [2.05, 4.69) is 65.9 Å². The maximum Gasteiger partial charge on any atom is 0.259 e. The van der Waals surface area contributed by atoms with Gasteiger partial charge in [-0.05, 0) is 105 Å². The van der Waals surface area contributed by atoms with E-state index in [0.29, 0.717) is 22.6 Å². The first kappa shape index (κ1) is 58.2. The molecule has 0 saturated carbocycles. The third kappa shape index (κ3) is 12.1. The summed E-state index contributed by atoms with van der Waals surface area (Å²) in [6.07, 6.45) is -0.839. The Labute approximate surface area is 488 Å². The molecule has 6 aromatic carbocycles. The average molecular weight is 1150 g/mol. The summed E-state index contributed by atoms with van der Waals surface area (Å²) in [6, 6.07) is 47.2. The van der Waals surface area contributed by atoms with Crippen molar-refractivity contribution in [2.45, 2.75) is 76.7 Å². The number of rotatable bonds is 21. The summed E-state index contributed by atoms with van der Waals surface area (Å²) in [4.78, 5) is 68.5. The number of aromatic nitrogens is 4. The van der Waals surface area contributed by atoms with E-state index in [0.717, 1.165) is 16.7 Å². The number of hydrogen-bond acceptors (Lipinski definition) is 15. The molecular weight excluding hydrogens is 1080 g/mol. The predicted octanol–water partition coefficient (Wildman–Crippen LogP) is 10.6. The third-order valence-corrected chi connectivity index (χ3v) is 16.6. The molecule has 1 aliphatic carbocycles. The van der Waals surface area contributed by atoms with Crippen molar-refractivity contribution in [1.82, 2.24) is 29.5 Å². The predicted molar refractivity (Wildman–Crippen MR) is 316 cm³/mol. The number of ether oxygens (including phenoxy) is 4. The number of nitriles is 1. The Bertz CT molecular complexity index is 3750. The highest BCUT2D eigenvalue weighted by Gasteiger charge is 2.46. The number of amides is 2. The van der Waals surface area contributed by atoms with Crippen molar-refractivity contribution in [1.29, 1.82) is 5.26 Å². The lowest BCUT2D eigenvalue weighted by Crippen LogP contribution is -2.39. The zero-order valence-electron chi connectivity index (χ0n) is 47.1. The highest BCUT2D eigenvalue weighted by Crippen LogP contribution is 2.51. The van der Waals surface area contributed by atoms with Crippen molar-refractivity contribution < 1.29 is 47.2 Å². The summed E-state index contributed by atoms with van der Waals surface area (Å²) in [5.74, 6) is 6.17. The number of carbonyl (C=O) groups is 4. The van der Waals surface area contributed by atoms with E-state index in [1.807, 2.05) is 84.9 Å². The maximum atomic E-state index is 13.8. The Kier molecular flexibility index (Phi) is 18.1. The van der Waals surface area contributed by atoms with Crippen molar-refractivity contribution in [2.75, 3.05) is 39.3 Å². The van der Waals surface area contributed by atoms with Gasteiger partial charge in [0.05, 0.1) is 52.6 Å². The molecule has 0 radical (unpaired) electrons. The zero-order chi connectivity index (χ0) is 58.9. The first-order chi connectivity index (χ1) is 40.8. The molecule has 2 amide bonds. The number of hydrogen-bond donors (Lipinski definition) is 2. The van der Waals surface area contributed by atoms with Gasteiger partial charge in [0.25, 0.3) is 20.3 Å². The van der Waals surface area contributed by atoms with Gasteiger partial charge in [-0.25, -0.2) is 19.6 Å².